The Morgan fingerprint density at radius 1 is 0.200 bits per heavy atom. The van der Waals surface area contributed by atoms with E-state index in [1.165, 1.54) is 66.8 Å². The predicted molar refractivity (Wildman–Crippen MR) is 346 cm³/mol. The molecule has 12 nitrogen and oxygen atoms in total. The van der Waals surface area contributed by atoms with Crippen LogP contribution in [-0.4, -0.2) is 116 Å². The third kappa shape index (κ3) is 20.8. The van der Waals surface area contributed by atoms with Gasteiger partial charge in [0, 0.05) is 0 Å². The summed E-state index contributed by atoms with van der Waals surface area (Å²) in [4.78, 5) is 0. The molecule has 9 aromatic rings. The fourth-order valence-electron chi connectivity index (χ4n) is 10.3. The molecule has 6 aliphatic rings. The molecule has 0 bridgehead atoms. The van der Waals surface area contributed by atoms with Crippen molar-refractivity contribution in [3.8, 4) is 34.5 Å². The van der Waals surface area contributed by atoms with Crippen molar-refractivity contribution < 1.29 is 56.8 Å². The van der Waals surface area contributed by atoms with E-state index in [-0.39, 0.29) is 36.6 Å². The van der Waals surface area contributed by atoms with E-state index in [1.54, 1.807) is 0 Å². The maximum Gasteiger partial charge on any atom is 0.119 e. The van der Waals surface area contributed by atoms with Gasteiger partial charge in [-0.1, -0.05) is 146 Å². The first-order valence-electron chi connectivity index (χ1n) is 31.6. The van der Waals surface area contributed by atoms with E-state index < -0.39 is 0 Å². The van der Waals surface area contributed by atoms with E-state index in [1.807, 2.05) is 48.5 Å². The van der Waals surface area contributed by atoms with Gasteiger partial charge in [0.2, 0.25) is 0 Å². The number of hydrogen-bond donors (Lipinski definition) is 0. The van der Waals surface area contributed by atoms with Gasteiger partial charge in [-0.25, -0.2) is 0 Å². The van der Waals surface area contributed by atoms with Gasteiger partial charge >= 0.3 is 0 Å². The Morgan fingerprint density at radius 2 is 0.378 bits per heavy atom. The molecule has 0 amide bonds. The average molecular weight is 1210 g/mol. The van der Waals surface area contributed by atoms with E-state index in [4.69, 9.17) is 56.8 Å². The van der Waals surface area contributed by atoms with Crippen LogP contribution in [0.15, 0.2) is 218 Å². The number of hydrogen-bond acceptors (Lipinski definition) is 12. The van der Waals surface area contributed by atoms with Crippen LogP contribution in [0.1, 0.15) is 66.8 Å². The lowest BCUT2D eigenvalue weighted by atomic mass is 9.99. The number of epoxide rings is 6. The van der Waals surface area contributed by atoms with E-state index in [0.29, 0.717) is 39.6 Å². The highest BCUT2D eigenvalue weighted by Crippen LogP contribution is 2.27. The molecule has 6 heterocycles. The largest absolute Gasteiger partial charge is 0.491 e. The highest BCUT2D eigenvalue weighted by Gasteiger charge is 2.27. The number of ether oxygens (including phenoxy) is 12. The van der Waals surface area contributed by atoms with Crippen molar-refractivity contribution in [3.05, 3.63) is 285 Å². The Morgan fingerprint density at radius 3 is 0.611 bits per heavy atom. The lowest BCUT2D eigenvalue weighted by Crippen LogP contribution is -2.04. The van der Waals surface area contributed by atoms with Gasteiger partial charge in [0.25, 0.3) is 0 Å². The molecule has 6 saturated heterocycles. The fourth-order valence-corrected chi connectivity index (χ4v) is 10.3. The average Bonchev–Trinajstić information content (AvgIpc) is 3.90. The van der Waals surface area contributed by atoms with Gasteiger partial charge in [0.05, 0.1) is 39.6 Å². The van der Waals surface area contributed by atoms with Crippen molar-refractivity contribution in [2.24, 2.45) is 0 Å². The standard InChI is InChI=1S/3C26H26O4/c1-4-19(11-21-6-2-8-23(13-21)27-15-25-17-29-25)10-20(5-1)12-22-7-3-9-24(14-22)28-16-26-18-30-26;1-3-21(13-23(5-1)27-15-25-17-29-25)11-19-7-9-20(10-8-19)12-22-4-2-6-24(14-22)28-16-26-18-30-26;1-2-20(14-22-7-11-24(12-8-22)28-16-26-18-30-26)4-3-19(1)13-21-5-9-23(10-6-21)27-15-25-17-29-25/h2*1-10,13-14,25-26H,11-12,15-18H2;1-12,25-26H,13-18H2. The van der Waals surface area contributed by atoms with Gasteiger partial charge in [-0.2, -0.15) is 0 Å². The Bertz CT molecular complexity index is 3440. The Hall–Kier alpha value is -8.46. The molecule has 6 aliphatic heterocycles. The van der Waals surface area contributed by atoms with Crippen LogP contribution < -0.4 is 28.4 Å². The van der Waals surface area contributed by atoms with Gasteiger partial charge in [-0.3, -0.25) is 0 Å². The molecule has 6 unspecified atom stereocenters. The van der Waals surface area contributed by atoms with E-state index in [9.17, 15) is 0 Å². The van der Waals surface area contributed by atoms with Crippen LogP contribution in [0, 0.1) is 0 Å². The summed E-state index contributed by atoms with van der Waals surface area (Å²) in [6.07, 6.45) is 7.08. The Labute approximate surface area is 528 Å². The summed E-state index contributed by atoms with van der Waals surface area (Å²) in [5.74, 6) is 5.45. The van der Waals surface area contributed by atoms with Crippen LogP contribution in [-0.2, 0) is 66.9 Å². The van der Waals surface area contributed by atoms with Gasteiger partial charge in [-0.15, -0.1) is 0 Å². The summed E-state index contributed by atoms with van der Waals surface area (Å²) in [7, 11) is 0. The normalized spacial score (nSPS) is 19.3. The van der Waals surface area contributed by atoms with Gasteiger partial charge in [0.1, 0.15) is 111 Å². The van der Waals surface area contributed by atoms with Crippen LogP contribution >= 0.6 is 0 Å². The molecular weight excluding hydrogens is 1130 g/mol. The molecule has 0 spiro atoms. The first kappa shape index (κ1) is 60.5. The second-order valence-electron chi connectivity index (χ2n) is 24.0. The zero-order valence-corrected chi connectivity index (χ0v) is 50.9. The summed E-state index contributed by atoms with van der Waals surface area (Å²) >= 11 is 0. The first-order chi connectivity index (χ1) is 44.4. The lowest BCUT2D eigenvalue weighted by Gasteiger charge is -2.10. The van der Waals surface area contributed by atoms with Gasteiger partial charge in [0.15, 0.2) is 0 Å². The first-order valence-corrected chi connectivity index (χ1v) is 31.6. The Balaban J connectivity index is 0.000000124. The third-order valence-corrected chi connectivity index (χ3v) is 16.0. The van der Waals surface area contributed by atoms with Crippen molar-refractivity contribution >= 4 is 0 Å². The van der Waals surface area contributed by atoms with Crippen LogP contribution in [0.25, 0.3) is 0 Å². The van der Waals surface area contributed by atoms with Crippen molar-refractivity contribution in [3.63, 3.8) is 0 Å². The van der Waals surface area contributed by atoms with Crippen LogP contribution in [0.5, 0.6) is 34.5 Å². The minimum Gasteiger partial charge on any atom is -0.491 e. The lowest BCUT2D eigenvalue weighted by molar-refractivity contribution is 0.263. The predicted octanol–water partition coefficient (Wildman–Crippen LogP) is 13.3. The number of rotatable bonds is 30. The molecule has 12 heteroatoms. The van der Waals surface area contributed by atoms with Crippen molar-refractivity contribution in [2.45, 2.75) is 75.1 Å². The van der Waals surface area contributed by atoms with Gasteiger partial charge in [-0.05, 0) is 178 Å². The summed E-state index contributed by atoms with van der Waals surface area (Å²) in [6, 6.07) is 76.5. The van der Waals surface area contributed by atoms with Crippen molar-refractivity contribution in [2.75, 3.05) is 79.3 Å². The summed E-state index contributed by atoms with van der Waals surface area (Å²) in [5.41, 5.74) is 15.4. The number of benzene rings is 9. The molecule has 462 valence electrons. The minimum atomic E-state index is 0.274. The molecule has 0 aliphatic carbocycles. The highest BCUT2D eigenvalue weighted by molar-refractivity contribution is 5.41. The fraction of sp³-hybridized carbons (Fsp3) is 0.308. The maximum absolute atomic E-state index is 5.82. The molecule has 6 fully saturated rings. The van der Waals surface area contributed by atoms with E-state index in [2.05, 4.69) is 170 Å². The quantitative estimate of drug-likeness (QED) is 0.0397. The Kier molecular flexibility index (Phi) is 20.4. The summed E-state index contributed by atoms with van der Waals surface area (Å²) < 4.78 is 65.8. The van der Waals surface area contributed by atoms with E-state index >= 15 is 0 Å². The van der Waals surface area contributed by atoms with Crippen molar-refractivity contribution in [1.82, 2.24) is 0 Å². The maximum atomic E-state index is 5.82. The second-order valence-corrected chi connectivity index (χ2v) is 24.0. The molecule has 0 radical (unpaired) electrons. The molecule has 0 saturated carbocycles. The zero-order valence-electron chi connectivity index (χ0n) is 50.9. The monoisotopic (exact) mass is 1210 g/mol. The van der Waals surface area contributed by atoms with Crippen molar-refractivity contribution in [1.29, 1.82) is 0 Å². The molecule has 90 heavy (non-hydrogen) atoms. The van der Waals surface area contributed by atoms with Gasteiger partial charge < -0.3 is 56.8 Å². The van der Waals surface area contributed by atoms with Crippen LogP contribution in [0.4, 0.5) is 0 Å². The van der Waals surface area contributed by atoms with Crippen LogP contribution in [0.2, 0.25) is 0 Å². The smallest absolute Gasteiger partial charge is 0.119 e. The molecule has 0 N–H and O–H groups in total. The molecule has 9 aromatic carbocycles. The highest BCUT2D eigenvalue weighted by atomic mass is 16.6. The SMILES string of the molecule is c1cc(Cc2ccc(Cc3cccc(OCC4CO4)c3)cc2)cc(OCC2CO2)c1.c1cc(Cc2ccc(OCC3CO3)cc2)ccc1Cc1ccc(OCC2CO2)cc1.c1cc(Cc2cccc(OCC3CO3)c2)cc(Cc2cccc(OCC3CO3)c2)c1. The topological polar surface area (TPSA) is 131 Å². The molecular formula is C78H78O12. The van der Waals surface area contributed by atoms with Crippen LogP contribution in [0.3, 0.4) is 0 Å². The minimum absolute atomic E-state index is 0.274. The molecule has 15 rings (SSSR count). The zero-order chi connectivity index (χ0) is 60.5. The summed E-state index contributed by atoms with van der Waals surface area (Å²) in [5, 5.41) is 0. The third-order valence-electron chi connectivity index (χ3n) is 16.0. The summed E-state index contributed by atoms with van der Waals surface area (Å²) in [6.45, 7) is 8.75. The molecule has 6 atom stereocenters. The van der Waals surface area contributed by atoms with E-state index in [0.717, 1.165) is 113 Å². The second kappa shape index (κ2) is 30.4. The molecule has 0 aromatic heterocycles.